The van der Waals surface area contributed by atoms with Crippen molar-refractivity contribution in [2.45, 2.75) is 292 Å². The maximum absolute atomic E-state index is 12.9. The van der Waals surface area contributed by atoms with E-state index in [-0.39, 0.29) is 0 Å². The van der Waals surface area contributed by atoms with Gasteiger partial charge in [-0.05, 0) is 6.92 Å². The van der Waals surface area contributed by atoms with Crippen molar-refractivity contribution in [3.8, 4) is 0 Å². The number of aliphatic hydroxyl groups is 22. The third-order valence-electron chi connectivity index (χ3n) is 19.2. The first-order valence-electron chi connectivity index (χ1n) is 33.6. The molecule has 41 atom stereocenters. The van der Waals surface area contributed by atoms with Crippen molar-refractivity contribution in [1.29, 1.82) is 0 Å². The molecule has 8 aliphatic heterocycles. The molecule has 0 saturated carbocycles. The average molecular weight is 1550 g/mol. The molecule has 0 aromatic rings. The van der Waals surface area contributed by atoms with Crippen LogP contribution in [-0.2, 0) is 95.0 Å². The van der Waals surface area contributed by atoms with Crippen molar-refractivity contribution >= 4 is 29.6 Å². The normalized spacial score (nSPS) is 47.2. The van der Waals surface area contributed by atoms with E-state index in [2.05, 4.69) is 21.3 Å². The molecule has 0 unspecified atom stereocenters. The van der Waals surface area contributed by atoms with Crippen LogP contribution in [0.25, 0.3) is 0 Å². The third-order valence-corrected chi connectivity index (χ3v) is 19.2. The first-order valence-corrected chi connectivity index (χ1v) is 33.6. The van der Waals surface area contributed by atoms with Crippen molar-refractivity contribution in [3.63, 3.8) is 0 Å². The molecule has 0 aliphatic carbocycles. The summed E-state index contributed by atoms with van der Waals surface area (Å²) in [6.45, 7) is -2.16. The summed E-state index contributed by atoms with van der Waals surface area (Å²) in [6.07, 6.45) is -72.9. The Labute approximate surface area is 600 Å². The molecule has 0 aromatic heterocycles. The summed E-state index contributed by atoms with van der Waals surface area (Å²) in [6, 6.07) is -7.07. The molecule has 8 saturated heterocycles. The summed E-state index contributed by atoms with van der Waals surface area (Å²) in [7, 11) is 0. The zero-order valence-electron chi connectivity index (χ0n) is 57.2. The molecular weight excluding hydrogens is 1450 g/mol. The quantitative estimate of drug-likeness (QED) is 0.0346. The van der Waals surface area contributed by atoms with Gasteiger partial charge in [0.05, 0.1) is 64.5 Å². The number of carboxylic acid groups (broad SMARTS) is 1. The van der Waals surface area contributed by atoms with Gasteiger partial charge >= 0.3 is 5.97 Å². The van der Waals surface area contributed by atoms with Crippen LogP contribution in [0.2, 0.25) is 0 Å². The Kier molecular flexibility index (Phi) is 30.9. The third kappa shape index (κ3) is 19.5. The van der Waals surface area contributed by atoms with Crippen LogP contribution in [0, 0.1) is 0 Å². The standard InChI is InChI=1S/C59H98N4O43/c1-14-31(74)39(82)43(86)54(95-14)92-12-26-48(36(79)28(51(89)96-26)61-16(3)69)102-52-29(62-17(4)70)37(80)46(22(9-66)98-52)103-55-44(87)40(83)34(77)24(100-55)11-93-57-50(42(85)33(76)21(8-65)97-57)105-53-30(63-18(5)71)38(81)47(23(10-67)99-53)104-56-45(88)41(84)35(78)25(101-56)13-94-59(58(90)91)6-19(72)27(60-15(2)68)49(106-59)32(75)20(73)7-64/h14,19-57,64-67,72-89H,6-13H2,1-5H3,(H,60,68)(H,61,69)(H,62,70)(H,63,71)(H,90,91)/t14-,19-,20+,21+,22+,23+,24+,25+,26+,27+,28+,29+,30+,31+,32+,33+,34+,35-,36+,37+,38+,39+,40-,41-,42-,43-,44-,45+,46+,47+,48+,49+,50-,51+,52-,53-,54+,55-,56-,57-,59+/m0/s1. The van der Waals surface area contributed by atoms with E-state index in [1.807, 2.05) is 0 Å². The largest absolute Gasteiger partial charge is 0.477 e. The molecule has 612 valence electrons. The lowest BCUT2D eigenvalue weighted by molar-refractivity contribution is -0.381. The number of carbonyl (C=O) groups excluding carboxylic acids is 4. The number of hydrogen-bond donors (Lipinski definition) is 27. The second-order valence-electron chi connectivity index (χ2n) is 26.8. The maximum Gasteiger partial charge on any atom is 0.364 e. The van der Waals surface area contributed by atoms with Crippen molar-refractivity contribution < 1.29 is 212 Å². The van der Waals surface area contributed by atoms with Crippen molar-refractivity contribution in [1.82, 2.24) is 21.3 Å². The lowest BCUT2D eigenvalue weighted by atomic mass is 9.88. The van der Waals surface area contributed by atoms with E-state index in [1.165, 1.54) is 6.92 Å². The highest BCUT2D eigenvalue weighted by molar-refractivity contribution is 5.77. The molecule has 27 N–H and O–H groups in total. The molecule has 0 bridgehead atoms. The van der Waals surface area contributed by atoms with Crippen LogP contribution in [-0.4, -0.2) is 444 Å². The van der Waals surface area contributed by atoms with Crippen molar-refractivity contribution in [2.24, 2.45) is 0 Å². The Balaban J connectivity index is 0.968. The highest BCUT2D eigenvalue weighted by Crippen LogP contribution is 2.39. The van der Waals surface area contributed by atoms with Crippen LogP contribution in [0.5, 0.6) is 0 Å². The zero-order chi connectivity index (χ0) is 78.6. The molecular formula is C59H98N4O43. The van der Waals surface area contributed by atoms with Gasteiger partial charge in [-0.1, -0.05) is 0 Å². The van der Waals surface area contributed by atoms with Gasteiger partial charge in [-0.3, -0.25) is 19.2 Å². The highest BCUT2D eigenvalue weighted by atomic mass is 16.8. The number of hydrogen-bond acceptors (Lipinski definition) is 42. The van der Waals surface area contributed by atoms with Gasteiger partial charge in [-0.15, -0.1) is 0 Å². The smallest absolute Gasteiger partial charge is 0.364 e. The Morgan fingerprint density at radius 2 is 0.792 bits per heavy atom. The predicted molar refractivity (Wildman–Crippen MR) is 327 cm³/mol. The SMILES string of the molecule is CC(=O)N[C@@H]1[C@@H](O)[C@H](O[C@@H]2O[C@H](CO)[C@@H](O[C@@H]3O[C@H](CO[C@H]4O[C@H](CO)[C@@H](O)[C@H](O)[C@@H]4O[C@@H]4O[C@H](CO)[C@@H](O[C@@H]5O[C@H](CO[C@]6(C(=O)O)C[C@H](O)[C@@H](NC(C)=O)[C@H]([C@H](O)[C@H](O)CO)O6)[C@H](O)[C@H](O)[C@H]5O)[C@H](O)[C@H]4NC(C)=O)[C@@H](O)[C@H](O)[C@@H]3O)[C@H](O)[C@H]2NC(C)=O)[C@@H](CO[C@@H]2O[C@@H](C)[C@@H](O)[C@@H](O)[C@@H]2O)O[C@H]1O. The van der Waals surface area contributed by atoms with E-state index in [1.54, 1.807) is 0 Å². The Morgan fingerprint density at radius 3 is 1.27 bits per heavy atom. The van der Waals surface area contributed by atoms with E-state index >= 15 is 0 Å². The molecule has 0 spiro atoms. The molecule has 47 nitrogen and oxygen atoms in total. The average Bonchev–Trinajstić information content (AvgIpc) is 0.773. The Morgan fingerprint density at radius 1 is 0.406 bits per heavy atom. The van der Waals surface area contributed by atoms with E-state index in [0.717, 1.165) is 27.7 Å². The molecule has 4 amide bonds. The minimum atomic E-state index is -3.03. The van der Waals surface area contributed by atoms with E-state index in [9.17, 15) is 141 Å². The molecule has 47 heteroatoms. The van der Waals surface area contributed by atoms with Gasteiger partial charge in [-0.25, -0.2) is 4.79 Å². The van der Waals surface area contributed by atoms with Gasteiger partial charge in [0, 0.05) is 34.1 Å². The van der Waals surface area contributed by atoms with Crippen molar-refractivity contribution in [3.05, 3.63) is 0 Å². The van der Waals surface area contributed by atoms with E-state index < -0.39 is 333 Å². The van der Waals surface area contributed by atoms with Crippen LogP contribution < -0.4 is 21.3 Å². The number of carboxylic acids is 1. The summed E-state index contributed by atoms with van der Waals surface area (Å²) in [5.41, 5.74) is 0. The molecule has 8 fully saturated rings. The fourth-order valence-corrected chi connectivity index (χ4v) is 13.4. The summed E-state index contributed by atoms with van der Waals surface area (Å²) in [5, 5.41) is 261. The second kappa shape index (κ2) is 37.5. The fourth-order valence-electron chi connectivity index (χ4n) is 13.4. The minimum absolute atomic E-state index is 0.771. The predicted octanol–water partition coefficient (Wildman–Crippen LogP) is -17.6. The van der Waals surface area contributed by atoms with Crippen LogP contribution in [0.4, 0.5) is 0 Å². The topological polar surface area (TPSA) is 737 Å². The number of ether oxygens (including phenoxy) is 15. The summed E-state index contributed by atoms with van der Waals surface area (Å²) < 4.78 is 87.1. The van der Waals surface area contributed by atoms with Crippen LogP contribution >= 0.6 is 0 Å². The van der Waals surface area contributed by atoms with E-state index in [0.29, 0.717) is 0 Å². The summed E-state index contributed by atoms with van der Waals surface area (Å²) in [5.74, 6) is -8.48. The lowest BCUT2D eigenvalue weighted by Crippen LogP contribution is -2.70. The molecule has 0 aromatic carbocycles. The fraction of sp³-hybridized carbons (Fsp3) is 0.915. The number of aliphatic hydroxyl groups excluding tert-OH is 22. The Bertz CT molecular complexity index is 2860. The van der Waals surface area contributed by atoms with Gasteiger partial charge in [0.1, 0.15) is 183 Å². The van der Waals surface area contributed by atoms with Gasteiger partial charge < -0.3 is 210 Å². The van der Waals surface area contributed by atoms with E-state index in [4.69, 9.17) is 71.1 Å². The van der Waals surface area contributed by atoms with Gasteiger partial charge in [0.25, 0.3) is 5.79 Å². The lowest BCUT2D eigenvalue weighted by Gasteiger charge is -2.50. The van der Waals surface area contributed by atoms with Gasteiger partial charge in [-0.2, -0.15) is 0 Å². The number of amides is 4. The Hall–Kier alpha value is -4.13. The van der Waals surface area contributed by atoms with Crippen LogP contribution in [0.15, 0.2) is 0 Å². The summed E-state index contributed by atoms with van der Waals surface area (Å²) in [4.78, 5) is 62.8. The molecule has 8 rings (SSSR count). The number of nitrogens with one attached hydrogen (secondary N) is 4. The second-order valence-corrected chi connectivity index (χ2v) is 26.8. The van der Waals surface area contributed by atoms with Crippen LogP contribution in [0.1, 0.15) is 41.0 Å². The first kappa shape index (κ1) is 87.4. The number of rotatable bonds is 28. The van der Waals surface area contributed by atoms with Gasteiger partial charge in [0.2, 0.25) is 23.6 Å². The zero-order valence-corrected chi connectivity index (χ0v) is 57.2. The first-order chi connectivity index (χ1) is 49.8. The number of aliphatic carboxylic acids is 1. The maximum atomic E-state index is 12.9. The van der Waals surface area contributed by atoms with Gasteiger partial charge in [0.15, 0.2) is 44.0 Å². The minimum Gasteiger partial charge on any atom is -0.477 e. The summed E-state index contributed by atoms with van der Waals surface area (Å²) >= 11 is 0. The monoisotopic (exact) mass is 1550 g/mol. The highest BCUT2D eigenvalue weighted by Gasteiger charge is 2.61. The van der Waals surface area contributed by atoms with Crippen molar-refractivity contribution in [2.75, 3.05) is 46.2 Å². The molecule has 8 aliphatic rings. The molecule has 8 heterocycles. The van der Waals surface area contributed by atoms with Crippen LogP contribution in [0.3, 0.4) is 0 Å². The number of carbonyl (C=O) groups is 5. The molecule has 0 radical (unpaired) electrons. The molecule has 106 heavy (non-hydrogen) atoms.